The van der Waals surface area contributed by atoms with Crippen molar-refractivity contribution < 1.29 is 9.32 Å². The van der Waals surface area contributed by atoms with Crippen LogP contribution in [0, 0.1) is 6.92 Å². The standard InChI is InChI=1S/C15H21N5O2S.2ClH/c1-11-8-12(22-18-11)9-19-4-6-20(7-5-19)15(21)13-10-23-14(17-13)2-3-16;;/h8,10H,2-7,9,16H2,1H3;2*1H. The van der Waals surface area contributed by atoms with Gasteiger partial charge in [-0.2, -0.15) is 0 Å². The van der Waals surface area contributed by atoms with Crippen molar-refractivity contribution in [1.82, 2.24) is 19.9 Å². The summed E-state index contributed by atoms with van der Waals surface area (Å²) in [5, 5.41) is 6.66. The van der Waals surface area contributed by atoms with Gasteiger partial charge >= 0.3 is 0 Å². The van der Waals surface area contributed by atoms with Crippen LogP contribution in [0.5, 0.6) is 0 Å². The number of halogens is 2. The Morgan fingerprint density at radius 3 is 2.64 bits per heavy atom. The third kappa shape index (κ3) is 5.65. The van der Waals surface area contributed by atoms with Crippen molar-refractivity contribution in [3.05, 3.63) is 33.6 Å². The van der Waals surface area contributed by atoms with Gasteiger partial charge in [-0.05, 0) is 13.5 Å². The Labute approximate surface area is 163 Å². The minimum Gasteiger partial charge on any atom is -0.360 e. The van der Waals surface area contributed by atoms with Gasteiger partial charge in [0.25, 0.3) is 5.91 Å². The zero-order chi connectivity index (χ0) is 16.2. The Morgan fingerprint density at radius 1 is 1.32 bits per heavy atom. The highest BCUT2D eigenvalue weighted by molar-refractivity contribution is 7.09. The van der Waals surface area contributed by atoms with E-state index in [4.69, 9.17) is 10.3 Å². The summed E-state index contributed by atoms with van der Waals surface area (Å²) in [5.41, 5.74) is 6.96. The molecule has 2 aromatic rings. The van der Waals surface area contributed by atoms with Crippen molar-refractivity contribution in [2.24, 2.45) is 5.73 Å². The Morgan fingerprint density at radius 2 is 2.04 bits per heavy atom. The van der Waals surface area contributed by atoms with Crippen LogP contribution in [0.15, 0.2) is 16.0 Å². The zero-order valence-electron chi connectivity index (χ0n) is 14.0. The molecule has 1 amide bonds. The first-order valence-electron chi connectivity index (χ1n) is 7.74. The van der Waals surface area contributed by atoms with Crippen LogP contribution in [0.2, 0.25) is 0 Å². The lowest BCUT2D eigenvalue weighted by atomic mass is 10.2. The number of rotatable bonds is 5. The van der Waals surface area contributed by atoms with Crippen LogP contribution >= 0.6 is 36.2 Å². The van der Waals surface area contributed by atoms with Gasteiger partial charge in [-0.25, -0.2) is 4.98 Å². The van der Waals surface area contributed by atoms with Crippen LogP contribution in [0.25, 0.3) is 0 Å². The van der Waals surface area contributed by atoms with Crippen molar-refractivity contribution in [2.45, 2.75) is 19.9 Å². The van der Waals surface area contributed by atoms with Gasteiger partial charge < -0.3 is 15.2 Å². The molecule has 2 aromatic heterocycles. The van der Waals surface area contributed by atoms with E-state index in [-0.39, 0.29) is 30.7 Å². The number of nitrogens with zero attached hydrogens (tertiary/aromatic N) is 4. The monoisotopic (exact) mass is 407 g/mol. The minimum absolute atomic E-state index is 0. The van der Waals surface area contributed by atoms with E-state index in [1.807, 2.05) is 23.3 Å². The zero-order valence-corrected chi connectivity index (χ0v) is 16.5. The summed E-state index contributed by atoms with van der Waals surface area (Å²) < 4.78 is 5.25. The Hall–Kier alpha value is -1.19. The number of amides is 1. The summed E-state index contributed by atoms with van der Waals surface area (Å²) >= 11 is 1.50. The van der Waals surface area contributed by atoms with Crippen molar-refractivity contribution in [2.75, 3.05) is 32.7 Å². The first-order valence-corrected chi connectivity index (χ1v) is 8.62. The summed E-state index contributed by atoms with van der Waals surface area (Å²) in [5.74, 6) is 0.882. The number of carbonyl (C=O) groups is 1. The number of hydrogen-bond acceptors (Lipinski definition) is 7. The van der Waals surface area contributed by atoms with E-state index in [9.17, 15) is 4.79 Å². The average molecular weight is 408 g/mol. The van der Waals surface area contributed by atoms with Crippen LogP contribution in [0.1, 0.15) is 27.0 Å². The molecular weight excluding hydrogens is 385 g/mol. The molecule has 1 aliphatic heterocycles. The Balaban J connectivity index is 0.00000156. The maximum atomic E-state index is 12.5. The maximum absolute atomic E-state index is 12.5. The summed E-state index contributed by atoms with van der Waals surface area (Å²) in [6.07, 6.45) is 0.725. The molecule has 140 valence electrons. The van der Waals surface area contributed by atoms with E-state index in [1.54, 1.807) is 0 Å². The fourth-order valence-electron chi connectivity index (χ4n) is 2.63. The number of thiazole rings is 1. The van der Waals surface area contributed by atoms with E-state index in [0.717, 1.165) is 42.5 Å². The number of aromatic nitrogens is 2. The molecule has 0 aliphatic carbocycles. The molecule has 0 unspecified atom stereocenters. The van der Waals surface area contributed by atoms with E-state index >= 15 is 0 Å². The number of hydrogen-bond donors (Lipinski definition) is 1. The van der Waals surface area contributed by atoms with Crippen molar-refractivity contribution >= 4 is 42.1 Å². The average Bonchev–Trinajstić information content (AvgIpc) is 3.17. The van der Waals surface area contributed by atoms with Gasteiger partial charge in [0, 0.05) is 44.0 Å². The quantitative estimate of drug-likeness (QED) is 0.811. The molecule has 3 heterocycles. The first-order chi connectivity index (χ1) is 11.2. The lowest BCUT2D eigenvalue weighted by Crippen LogP contribution is -2.48. The molecule has 1 aliphatic rings. The van der Waals surface area contributed by atoms with E-state index < -0.39 is 0 Å². The maximum Gasteiger partial charge on any atom is 0.273 e. The highest BCUT2D eigenvalue weighted by Gasteiger charge is 2.24. The van der Waals surface area contributed by atoms with Crippen LogP contribution in [-0.4, -0.2) is 58.6 Å². The number of carbonyl (C=O) groups excluding carboxylic acids is 1. The SMILES string of the molecule is Cc1cc(CN2CCN(C(=O)c3csc(CCN)n3)CC2)on1.Cl.Cl. The molecule has 2 N–H and O–H groups in total. The van der Waals surface area contributed by atoms with Gasteiger partial charge in [0.2, 0.25) is 0 Å². The molecule has 3 rings (SSSR count). The van der Waals surface area contributed by atoms with Gasteiger partial charge in [-0.15, -0.1) is 36.2 Å². The third-order valence-corrected chi connectivity index (χ3v) is 4.75. The molecule has 0 radical (unpaired) electrons. The van der Waals surface area contributed by atoms with Crippen molar-refractivity contribution in [1.29, 1.82) is 0 Å². The predicted octanol–water partition coefficient (Wildman–Crippen LogP) is 1.74. The van der Waals surface area contributed by atoms with Crippen molar-refractivity contribution in [3.63, 3.8) is 0 Å². The number of nitrogens with two attached hydrogens (primary N) is 1. The van der Waals surface area contributed by atoms with Crippen LogP contribution < -0.4 is 5.73 Å². The lowest BCUT2D eigenvalue weighted by molar-refractivity contribution is 0.0612. The molecule has 1 saturated heterocycles. The summed E-state index contributed by atoms with van der Waals surface area (Å²) in [6, 6.07) is 1.95. The van der Waals surface area contributed by atoms with Gasteiger partial charge in [-0.1, -0.05) is 5.16 Å². The summed E-state index contributed by atoms with van der Waals surface area (Å²) in [6.45, 7) is 6.26. The normalized spacial score (nSPS) is 14.7. The van der Waals surface area contributed by atoms with E-state index in [2.05, 4.69) is 15.0 Å². The van der Waals surface area contributed by atoms with E-state index in [1.165, 1.54) is 11.3 Å². The molecule has 0 bridgehead atoms. The van der Waals surface area contributed by atoms with Crippen LogP contribution in [0.4, 0.5) is 0 Å². The largest absolute Gasteiger partial charge is 0.360 e. The molecule has 1 fully saturated rings. The van der Waals surface area contributed by atoms with Gasteiger partial charge in [0.1, 0.15) is 5.69 Å². The van der Waals surface area contributed by atoms with Gasteiger partial charge in [0.15, 0.2) is 5.76 Å². The van der Waals surface area contributed by atoms with Crippen LogP contribution in [-0.2, 0) is 13.0 Å². The molecule has 25 heavy (non-hydrogen) atoms. The smallest absolute Gasteiger partial charge is 0.273 e. The topological polar surface area (TPSA) is 88.5 Å². The second kappa shape index (κ2) is 10.1. The molecule has 0 saturated carbocycles. The predicted molar refractivity (Wildman–Crippen MR) is 102 cm³/mol. The summed E-state index contributed by atoms with van der Waals surface area (Å²) in [7, 11) is 0. The minimum atomic E-state index is 0. The Bertz CT molecular complexity index is 670. The number of aryl methyl sites for hydroxylation is 1. The molecule has 0 spiro atoms. The molecular formula is C15H23Cl2N5O2S. The first kappa shape index (κ1) is 21.9. The molecule has 7 nitrogen and oxygen atoms in total. The van der Waals surface area contributed by atoms with Gasteiger partial charge in [0.05, 0.1) is 17.2 Å². The second-order valence-electron chi connectivity index (χ2n) is 5.67. The van der Waals surface area contributed by atoms with Crippen molar-refractivity contribution in [3.8, 4) is 0 Å². The second-order valence-corrected chi connectivity index (χ2v) is 6.61. The fourth-order valence-corrected chi connectivity index (χ4v) is 3.42. The fraction of sp³-hybridized carbons (Fsp3) is 0.533. The third-order valence-electron chi connectivity index (χ3n) is 3.84. The Kier molecular flexibility index (Phi) is 8.81. The highest BCUT2D eigenvalue weighted by Crippen LogP contribution is 2.15. The number of piperazine rings is 1. The molecule has 0 atom stereocenters. The van der Waals surface area contributed by atoms with E-state index in [0.29, 0.717) is 25.3 Å². The lowest BCUT2D eigenvalue weighted by Gasteiger charge is -2.33. The molecule has 10 heteroatoms. The molecule has 0 aromatic carbocycles. The highest BCUT2D eigenvalue weighted by atomic mass is 35.5. The van der Waals surface area contributed by atoms with Crippen LogP contribution in [0.3, 0.4) is 0 Å². The summed E-state index contributed by atoms with van der Waals surface area (Å²) in [4.78, 5) is 21.0. The van der Waals surface area contributed by atoms with Gasteiger partial charge in [-0.3, -0.25) is 9.69 Å².